The Morgan fingerprint density at radius 3 is 2.69 bits per heavy atom. The standard InChI is InChI=1S/C11H20N4O/c1-7(5-12)11(16)14-8(2)10-6-13-15(4)9(10)3/h6-8H,5,12H2,1-4H3,(H,14,16). The third kappa shape index (κ3) is 2.61. The molecule has 2 unspecified atom stereocenters. The number of aromatic nitrogens is 2. The number of hydrogen-bond donors (Lipinski definition) is 2. The van der Waals surface area contributed by atoms with Crippen LogP contribution >= 0.6 is 0 Å². The van der Waals surface area contributed by atoms with Crippen LogP contribution in [0.3, 0.4) is 0 Å². The Hall–Kier alpha value is -1.36. The van der Waals surface area contributed by atoms with Gasteiger partial charge in [-0.15, -0.1) is 0 Å². The quantitative estimate of drug-likeness (QED) is 0.782. The van der Waals surface area contributed by atoms with Gasteiger partial charge in [-0.05, 0) is 13.8 Å². The van der Waals surface area contributed by atoms with Gasteiger partial charge in [0.2, 0.25) is 5.91 Å². The molecule has 0 aliphatic carbocycles. The number of amides is 1. The minimum Gasteiger partial charge on any atom is -0.349 e. The molecule has 5 nitrogen and oxygen atoms in total. The van der Waals surface area contributed by atoms with E-state index in [0.29, 0.717) is 6.54 Å². The maximum absolute atomic E-state index is 11.7. The van der Waals surface area contributed by atoms with Crippen molar-refractivity contribution in [2.45, 2.75) is 26.8 Å². The molecule has 0 fully saturated rings. The molecule has 90 valence electrons. The van der Waals surface area contributed by atoms with Gasteiger partial charge >= 0.3 is 0 Å². The second-order valence-corrected chi connectivity index (χ2v) is 4.18. The monoisotopic (exact) mass is 224 g/mol. The fraction of sp³-hybridized carbons (Fsp3) is 0.636. The predicted molar refractivity (Wildman–Crippen MR) is 62.7 cm³/mol. The summed E-state index contributed by atoms with van der Waals surface area (Å²) in [6.07, 6.45) is 1.79. The fourth-order valence-corrected chi connectivity index (χ4v) is 1.48. The Kier molecular flexibility index (Phi) is 4.06. The molecule has 0 aliphatic heterocycles. The number of nitrogens with zero attached hydrogens (tertiary/aromatic N) is 2. The van der Waals surface area contributed by atoms with Crippen molar-refractivity contribution in [2.75, 3.05) is 6.54 Å². The summed E-state index contributed by atoms with van der Waals surface area (Å²) in [5, 5.41) is 7.08. The molecule has 1 amide bonds. The Labute approximate surface area is 96.0 Å². The highest BCUT2D eigenvalue weighted by molar-refractivity contribution is 5.78. The average molecular weight is 224 g/mol. The molecular formula is C11H20N4O. The summed E-state index contributed by atoms with van der Waals surface area (Å²) in [4.78, 5) is 11.7. The molecule has 1 aromatic heterocycles. The molecule has 16 heavy (non-hydrogen) atoms. The Balaban J connectivity index is 2.69. The molecular weight excluding hydrogens is 204 g/mol. The van der Waals surface area contributed by atoms with E-state index < -0.39 is 0 Å². The first-order valence-corrected chi connectivity index (χ1v) is 5.46. The molecule has 0 aromatic carbocycles. The van der Waals surface area contributed by atoms with Gasteiger partial charge in [0.05, 0.1) is 12.2 Å². The lowest BCUT2D eigenvalue weighted by Gasteiger charge is -2.16. The van der Waals surface area contributed by atoms with Gasteiger partial charge in [0.15, 0.2) is 0 Å². The van der Waals surface area contributed by atoms with E-state index in [1.807, 2.05) is 27.8 Å². The number of nitrogens with one attached hydrogen (secondary N) is 1. The average Bonchev–Trinajstić information content (AvgIpc) is 2.58. The van der Waals surface area contributed by atoms with Crippen LogP contribution in [0.25, 0.3) is 0 Å². The van der Waals surface area contributed by atoms with Gasteiger partial charge in [0.1, 0.15) is 0 Å². The number of aryl methyl sites for hydroxylation is 1. The van der Waals surface area contributed by atoms with Crippen LogP contribution in [0.4, 0.5) is 0 Å². The second-order valence-electron chi connectivity index (χ2n) is 4.18. The van der Waals surface area contributed by atoms with Gasteiger partial charge in [-0.25, -0.2) is 0 Å². The van der Waals surface area contributed by atoms with Crippen LogP contribution in [-0.4, -0.2) is 22.2 Å². The van der Waals surface area contributed by atoms with Crippen LogP contribution < -0.4 is 11.1 Å². The minimum absolute atomic E-state index is 0.0155. The maximum atomic E-state index is 11.7. The lowest BCUT2D eigenvalue weighted by Crippen LogP contribution is -2.35. The van der Waals surface area contributed by atoms with Crippen LogP contribution in [0.2, 0.25) is 0 Å². The summed E-state index contributed by atoms with van der Waals surface area (Å²) in [6, 6.07) is -0.0322. The van der Waals surface area contributed by atoms with Gasteiger partial charge in [-0.1, -0.05) is 6.92 Å². The summed E-state index contributed by atoms with van der Waals surface area (Å²) < 4.78 is 1.80. The molecule has 0 spiro atoms. The number of carbonyl (C=O) groups is 1. The van der Waals surface area contributed by atoms with Crippen molar-refractivity contribution in [1.29, 1.82) is 0 Å². The first kappa shape index (κ1) is 12.7. The summed E-state index contributed by atoms with van der Waals surface area (Å²) >= 11 is 0. The van der Waals surface area contributed by atoms with Gasteiger partial charge in [-0.2, -0.15) is 5.10 Å². The van der Waals surface area contributed by atoms with E-state index in [0.717, 1.165) is 11.3 Å². The van der Waals surface area contributed by atoms with Crippen LogP contribution in [0, 0.1) is 12.8 Å². The van der Waals surface area contributed by atoms with Gasteiger partial charge in [0, 0.05) is 30.8 Å². The predicted octanol–water partition coefficient (Wildman–Crippen LogP) is 0.501. The SMILES string of the molecule is Cc1c(C(C)NC(=O)C(C)CN)cnn1C. The van der Waals surface area contributed by atoms with Crippen molar-refractivity contribution >= 4 is 5.91 Å². The van der Waals surface area contributed by atoms with E-state index in [1.54, 1.807) is 10.9 Å². The maximum Gasteiger partial charge on any atom is 0.224 e. The van der Waals surface area contributed by atoms with E-state index in [1.165, 1.54) is 0 Å². The molecule has 0 bridgehead atoms. The third-order valence-electron chi connectivity index (χ3n) is 2.90. The molecule has 0 saturated carbocycles. The molecule has 5 heteroatoms. The second kappa shape index (κ2) is 5.12. The number of carbonyl (C=O) groups excluding carboxylic acids is 1. The van der Waals surface area contributed by atoms with Crippen molar-refractivity contribution in [2.24, 2.45) is 18.7 Å². The Morgan fingerprint density at radius 2 is 2.25 bits per heavy atom. The topological polar surface area (TPSA) is 72.9 Å². The molecule has 1 aromatic rings. The van der Waals surface area contributed by atoms with Crippen LogP contribution in [0.15, 0.2) is 6.20 Å². The normalized spacial score (nSPS) is 14.6. The smallest absolute Gasteiger partial charge is 0.224 e. The van der Waals surface area contributed by atoms with E-state index in [-0.39, 0.29) is 17.9 Å². The van der Waals surface area contributed by atoms with Crippen LogP contribution in [0.1, 0.15) is 31.1 Å². The van der Waals surface area contributed by atoms with E-state index >= 15 is 0 Å². The third-order valence-corrected chi connectivity index (χ3v) is 2.90. The molecule has 0 aliphatic rings. The molecule has 1 rings (SSSR count). The summed E-state index contributed by atoms with van der Waals surface area (Å²) in [5.74, 6) is -0.169. The first-order chi connectivity index (χ1) is 7.47. The van der Waals surface area contributed by atoms with Gasteiger partial charge in [0.25, 0.3) is 0 Å². The Morgan fingerprint density at radius 1 is 1.62 bits per heavy atom. The fourth-order valence-electron chi connectivity index (χ4n) is 1.48. The largest absolute Gasteiger partial charge is 0.349 e. The molecule has 3 N–H and O–H groups in total. The molecule has 0 radical (unpaired) electrons. The number of nitrogens with two attached hydrogens (primary N) is 1. The van der Waals surface area contributed by atoms with Gasteiger partial charge < -0.3 is 11.1 Å². The highest BCUT2D eigenvalue weighted by Crippen LogP contribution is 2.16. The van der Waals surface area contributed by atoms with Crippen molar-refractivity contribution in [3.8, 4) is 0 Å². The zero-order valence-corrected chi connectivity index (χ0v) is 10.3. The summed E-state index contributed by atoms with van der Waals surface area (Å²) in [7, 11) is 1.88. The molecule has 1 heterocycles. The van der Waals surface area contributed by atoms with Gasteiger partial charge in [-0.3, -0.25) is 9.48 Å². The number of rotatable bonds is 4. The first-order valence-electron chi connectivity index (χ1n) is 5.46. The highest BCUT2D eigenvalue weighted by atomic mass is 16.1. The number of hydrogen-bond acceptors (Lipinski definition) is 3. The molecule has 0 saturated heterocycles. The van der Waals surface area contributed by atoms with Crippen LogP contribution in [0.5, 0.6) is 0 Å². The zero-order chi connectivity index (χ0) is 12.3. The summed E-state index contributed by atoms with van der Waals surface area (Å²) in [6.45, 7) is 6.12. The van der Waals surface area contributed by atoms with Crippen molar-refractivity contribution in [3.05, 3.63) is 17.5 Å². The van der Waals surface area contributed by atoms with E-state index in [4.69, 9.17) is 5.73 Å². The van der Waals surface area contributed by atoms with E-state index in [9.17, 15) is 4.79 Å². The lowest BCUT2D eigenvalue weighted by atomic mass is 10.1. The highest BCUT2D eigenvalue weighted by Gasteiger charge is 2.17. The Bertz CT molecular complexity index is 372. The zero-order valence-electron chi connectivity index (χ0n) is 10.3. The molecule has 2 atom stereocenters. The van der Waals surface area contributed by atoms with Crippen molar-refractivity contribution < 1.29 is 4.79 Å². The lowest BCUT2D eigenvalue weighted by molar-refractivity contribution is -0.124. The van der Waals surface area contributed by atoms with Crippen molar-refractivity contribution in [3.63, 3.8) is 0 Å². The minimum atomic E-state index is -0.153. The summed E-state index contributed by atoms with van der Waals surface area (Å²) in [5.41, 5.74) is 7.55. The van der Waals surface area contributed by atoms with E-state index in [2.05, 4.69) is 10.4 Å². The van der Waals surface area contributed by atoms with Crippen LogP contribution in [-0.2, 0) is 11.8 Å². The van der Waals surface area contributed by atoms with Crippen molar-refractivity contribution in [1.82, 2.24) is 15.1 Å².